The Bertz CT molecular complexity index is 902. The standard InChI is InChI=1S/C18H16ClN3O3/c1-2-24-18-14(6-4-10-21-18)22-16(23)11-25-15-8-7-13(19)12-5-3-9-20-17(12)15/h3-10H,2,11H2,1H3,(H,22,23). The van der Waals surface area contributed by atoms with Crippen molar-refractivity contribution in [2.24, 2.45) is 0 Å². The Morgan fingerprint density at radius 1 is 1.12 bits per heavy atom. The molecule has 1 N–H and O–H groups in total. The number of benzene rings is 1. The highest BCUT2D eigenvalue weighted by atomic mass is 35.5. The van der Waals surface area contributed by atoms with Crippen LogP contribution in [0.25, 0.3) is 10.9 Å². The minimum Gasteiger partial charge on any atom is -0.481 e. The first-order valence-electron chi connectivity index (χ1n) is 7.72. The molecule has 3 aromatic rings. The number of nitrogens with one attached hydrogen (secondary N) is 1. The molecule has 1 amide bonds. The number of ether oxygens (including phenoxy) is 2. The van der Waals surface area contributed by atoms with E-state index in [0.717, 1.165) is 5.39 Å². The van der Waals surface area contributed by atoms with E-state index in [-0.39, 0.29) is 12.5 Å². The molecule has 0 aliphatic heterocycles. The molecule has 2 heterocycles. The third-order valence-electron chi connectivity index (χ3n) is 3.36. The van der Waals surface area contributed by atoms with E-state index in [4.69, 9.17) is 21.1 Å². The molecule has 0 atom stereocenters. The largest absolute Gasteiger partial charge is 0.481 e. The van der Waals surface area contributed by atoms with Crippen LogP contribution in [0, 0.1) is 0 Å². The molecule has 0 aliphatic carbocycles. The lowest BCUT2D eigenvalue weighted by molar-refractivity contribution is -0.118. The van der Waals surface area contributed by atoms with Gasteiger partial charge in [0, 0.05) is 17.8 Å². The van der Waals surface area contributed by atoms with Gasteiger partial charge in [-0.15, -0.1) is 0 Å². The van der Waals surface area contributed by atoms with Crippen LogP contribution in [0.15, 0.2) is 48.8 Å². The van der Waals surface area contributed by atoms with Gasteiger partial charge in [-0.25, -0.2) is 4.98 Å². The molecule has 0 unspecified atom stereocenters. The van der Waals surface area contributed by atoms with E-state index >= 15 is 0 Å². The zero-order chi connectivity index (χ0) is 17.6. The highest BCUT2D eigenvalue weighted by Crippen LogP contribution is 2.29. The second kappa shape index (κ2) is 7.81. The summed E-state index contributed by atoms with van der Waals surface area (Å²) in [4.78, 5) is 20.5. The van der Waals surface area contributed by atoms with Crippen molar-refractivity contribution in [1.82, 2.24) is 9.97 Å². The molecule has 7 heteroatoms. The first-order valence-corrected chi connectivity index (χ1v) is 8.10. The monoisotopic (exact) mass is 357 g/mol. The predicted octanol–water partition coefficient (Wildman–Crippen LogP) is 3.70. The molecular weight excluding hydrogens is 342 g/mol. The number of amides is 1. The van der Waals surface area contributed by atoms with Gasteiger partial charge in [-0.05, 0) is 43.3 Å². The van der Waals surface area contributed by atoms with E-state index < -0.39 is 0 Å². The van der Waals surface area contributed by atoms with Crippen molar-refractivity contribution in [1.29, 1.82) is 0 Å². The highest BCUT2D eigenvalue weighted by molar-refractivity contribution is 6.35. The quantitative estimate of drug-likeness (QED) is 0.728. The van der Waals surface area contributed by atoms with Crippen molar-refractivity contribution in [3.63, 3.8) is 0 Å². The van der Waals surface area contributed by atoms with Gasteiger partial charge in [-0.1, -0.05) is 11.6 Å². The van der Waals surface area contributed by atoms with Crippen molar-refractivity contribution in [2.45, 2.75) is 6.92 Å². The lowest BCUT2D eigenvalue weighted by Gasteiger charge is -2.12. The van der Waals surface area contributed by atoms with Gasteiger partial charge in [0.1, 0.15) is 17.0 Å². The van der Waals surface area contributed by atoms with Crippen LogP contribution in [-0.2, 0) is 4.79 Å². The van der Waals surface area contributed by atoms with E-state index in [9.17, 15) is 4.79 Å². The second-order valence-corrected chi connectivity index (χ2v) is 5.48. The SMILES string of the molecule is CCOc1ncccc1NC(=O)COc1ccc(Cl)c2cccnc12. The summed E-state index contributed by atoms with van der Waals surface area (Å²) in [6, 6.07) is 10.5. The third kappa shape index (κ3) is 3.97. The van der Waals surface area contributed by atoms with Crippen LogP contribution in [0.3, 0.4) is 0 Å². The maximum atomic E-state index is 12.2. The lowest BCUT2D eigenvalue weighted by Crippen LogP contribution is -2.21. The molecule has 6 nitrogen and oxygen atoms in total. The average Bonchev–Trinajstić information content (AvgIpc) is 2.63. The van der Waals surface area contributed by atoms with Gasteiger partial charge >= 0.3 is 0 Å². The van der Waals surface area contributed by atoms with E-state index in [0.29, 0.717) is 34.5 Å². The fourth-order valence-electron chi connectivity index (χ4n) is 2.30. The molecule has 128 valence electrons. The molecular formula is C18H16ClN3O3. The molecule has 0 saturated heterocycles. The topological polar surface area (TPSA) is 73.3 Å². The normalized spacial score (nSPS) is 10.5. The third-order valence-corrected chi connectivity index (χ3v) is 3.69. The molecule has 3 rings (SSSR count). The molecule has 0 fully saturated rings. The lowest BCUT2D eigenvalue weighted by atomic mass is 10.2. The number of rotatable bonds is 6. The van der Waals surface area contributed by atoms with Crippen molar-refractivity contribution < 1.29 is 14.3 Å². The Balaban J connectivity index is 1.70. The summed E-state index contributed by atoms with van der Waals surface area (Å²) in [5.41, 5.74) is 1.11. The number of carbonyl (C=O) groups is 1. The van der Waals surface area contributed by atoms with E-state index in [1.165, 1.54) is 0 Å². The number of hydrogen-bond acceptors (Lipinski definition) is 5. The first kappa shape index (κ1) is 17.0. The van der Waals surface area contributed by atoms with E-state index in [1.807, 2.05) is 13.0 Å². The summed E-state index contributed by atoms with van der Waals surface area (Å²) in [6.45, 7) is 2.13. The molecule has 0 bridgehead atoms. The number of pyridine rings is 2. The number of carbonyl (C=O) groups excluding carboxylic acids is 1. The van der Waals surface area contributed by atoms with Crippen molar-refractivity contribution in [2.75, 3.05) is 18.5 Å². The molecule has 0 spiro atoms. The summed E-state index contributed by atoms with van der Waals surface area (Å²) in [6.07, 6.45) is 3.25. The highest BCUT2D eigenvalue weighted by Gasteiger charge is 2.11. The minimum absolute atomic E-state index is 0.173. The van der Waals surface area contributed by atoms with Crippen molar-refractivity contribution in [3.05, 3.63) is 53.8 Å². The molecule has 0 aliphatic rings. The minimum atomic E-state index is -0.326. The first-order chi connectivity index (χ1) is 12.2. The number of aromatic nitrogens is 2. The average molecular weight is 358 g/mol. The fraction of sp³-hybridized carbons (Fsp3) is 0.167. The number of nitrogens with zero attached hydrogens (tertiary/aromatic N) is 2. The number of anilines is 1. The predicted molar refractivity (Wildman–Crippen MR) is 96.3 cm³/mol. The Kier molecular flexibility index (Phi) is 5.30. The van der Waals surface area contributed by atoms with Crippen LogP contribution < -0.4 is 14.8 Å². The summed E-state index contributed by atoms with van der Waals surface area (Å²) in [5.74, 6) is 0.538. The van der Waals surface area contributed by atoms with Gasteiger partial charge in [0.25, 0.3) is 5.91 Å². The molecule has 0 saturated carbocycles. The summed E-state index contributed by atoms with van der Waals surface area (Å²) >= 11 is 6.15. The van der Waals surface area contributed by atoms with Gasteiger partial charge in [0.15, 0.2) is 6.61 Å². The van der Waals surface area contributed by atoms with Gasteiger partial charge in [-0.3, -0.25) is 9.78 Å². The molecule has 0 radical (unpaired) electrons. The fourth-order valence-corrected chi connectivity index (χ4v) is 2.51. The van der Waals surface area contributed by atoms with Crippen LogP contribution >= 0.6 is 11.6 Å². The summed E-state index contributed by atoms with van der Waals surface area (Å²) < 4.78 is 11.0. The van der Waals surface area contributed by atoms with Crippen LogP contribution in [0.5, 0.6) is 11.6 Å². The zero-order valence-electron chi connectivity index (χ0n) is 13.5. The van der Waals surface area contributed by atoms with Gasteiger partial charge in [0.2, 0.25) is 5.88 Å². The second-order valence-electron chi connectivity index (χ2n) is 5.07. The summed E-state index contributed by atoms with van der Waals surface area (Å²) in [5, 5.41) is 4.08. The van der Waals surface area contributed by atoms with Crippen molar-refractivity contribution >= 4 is 34.1 Å². The molecule has 25 heavy (non-hydrogen) atoms. The maximum Gasteiger partial charge on any atom is 0.262 e. The van der Waals surface area contributed by atoms with Crippen LogP contribution in [-0.4, -0.2) is 29.1 Å². The number of hydrogen-bond donors (Lipinski definition) is 1. The Hall–Kier alpha value is -2.86. The van der Waals surface area contributed by atoms with E-state index in [1.54, 1.807) is 42.7 Å². The number of fused-ring (bicyclic) bond motifs is 1. The van der Waals surface area contributed by atoms with Gasteiger partial charge in [0.05, 0.1) is 11.6 Å². The number of halogens is 1. The zero-order valence-corrected chi connectivity index (χ0v) is 14.3. The van der Waals surface area contributed by atoms with Gasteiger partial charge in [-0.2, -0.15) is 0 Å². The Morgan fingerprint density at radius 2 is 1.92 bits per heavy atom. The van der Waals surface area contributed by atoms with E-state index in [2.05, 4.69) is 15.3 Å². The molecule has 1 aromatic carbocycles. The smallest absolute Gasteiger partial charge is 0.262 e. The maximum absolute atomic E-state index is 12.2. The van der Waals surface area contributed by atoms with Crippen molar-refractivity contribution in [3.8, 4) is 11.6 Å². The Labute approximate surface area is 149 Å². The van der Waals surface area contributed by atoms with Crippen LogP contribution in [0.4, 0.5) is 5.69 Å². The van der Waals surface area contributed by atoms with Crippen LogP contribution in [0.1, 0.15) is 6.92 Å². The molecule has 2 aromatic heterocycles. The van der Waals surface area contributed by atoms with Crippen LogP contribution in [0.2, 0.25) is 5.02 Å². The van der Waals surface area contributed by atoms with Gasteiger partial charge < -0.3 is 14.8 Å². The summed E-state index contributed by atoms with van der Waals surface area (Å²) in [7, 11) is 0. The Morgan fingerprint density at radius 3 is 2.76 bits per heavy atom.